The first-order valence-corrected chi connectivity index (χ1v) is 5.09. The van der Waals surface area contributed by atoms with E-state index < -0.39 is 8.15 Å². The highest BCUT2D eigenvalue weighted by Gasteiger charge is 2.10. The van der Waals surface area contributed by atoms with Crippen LogP contribution in [0.1, 0.15) is 10.6 Å². The van der Waals surface area contributed by atoms with Crippen LogP contribution in [0, 0.1) is 0 Å². The molecule has 0 saturated carbocycles. The smallest absolute Gasteiger partial charge is 0.204 e. The number of rotatable bonds is 3. The third kappa shape index (κ3) is 2.45. The largest absolute Gasteiger partial charge is 0.461 e. The first-order chi connectivity index (χ1) is 5.20. The van der Waals surface area contributed by atoms with E-state index in [4.69, 9.17) is 9.31 Å². The van der Waals surface area contributed by atoms with Gasteiger partial charge in [0.25, 0.3) is 0 Å². The van der Waals surface area contributed by atoms with E-state index >= 15 is 0 Å². The van der Waals surface area contributed by atoms with Crippen molar-refractivity contribution in [2.75, 3.05) is 12.8 Å². The second kappa shape index (κ2) is 3.65. The second-order valence-corrected chi connectivity index (χ2v) is 3.85. The van der Waals surface area contributed by atoms with Gasteiger partial charge in [-0.15, -0.1) is 0 Å². The van der Waals surface area contributed by atoms with Gasteiger partial charge in [0.05, 0.1) is 12.4 Å². The average Bonchev–Trinajstić information content (AvgIpc) is 2.35. The molecule has 0 fully saturated rings. The molecule has 0 amide bonds. The van der Waals surface area contributed by atoms with Crippen molar-refractivity contribution in [2.24, 2.45) is 0 Å². The van der Waals surface area contributed by atoms with Crippen LogP contribution in [0.2, 0.25) is 0 Å². The van der Waals surface area contributed by atoms with E-state index in [0.29, 0.717) is 5.76 Å². The molecule has 0 aromatic carbocycles. The number of hydrogen-bond acceptors (Lipinski definition) is 3. The summed E-state index contributed by atoms with van der Waals surface area (Å²) in [6.45, 7) is 1.64. The molecule has 0 aliphatic rings. The maximum Gasteiger partial charge on any atom is 0.204 e. The molecule has 0 saturated heterocycles. The van der Waals surface area contributed by atoms with Gasteiger partial charge in [0.1, 0.15) is 0 Å². The maximum absolute atomic E-state index is 11.1. The van der Waals surface area contributed by atoms with Crippen LogP contribution in [0.15, 0.2) is 22.8 Å². The molecular formula is C7H9O3P. The minimum absolute atomic E-state index is 0.133. The highest BCUT2D eigenvalue weighted by molar-refractivity contribution is 7.51. The SMILES string of the molecule is CP(O)CC(=O)c1ccco1. The van der Waals surface area contributed by atoms with E-state index in [0.717, 1.165) is 0 Å². The topological polar surface area (TPSA) is 50.4 Å². The first kappa shape index (κ1) is 8.44. The number of carbonyl (C=O) groups is 1. The zero-order valence-corrected chi connectivity index (χ0v) is 7.04. The molecule has 0 spiro atoms. The summed E-state index contributed by atoms with van der Waals surface area (Å²) in [5.41, 5.74) is 0. The van der Waals surface area contributed by atoms with Crippen molar-refractivity contribution in [3.63, 3.8) is 0 Å². The summed E-state index contributed by atoms with van der Waals surface area (Å²) in [4.78, 5) is 20.0. The Morgan fingerprint density at radius 2 is 2.55 bits per heavy atom. The van der Waals surface area contributed by atoms with E-state index in [1.807, 2.05) is 0 Å². The quantitative estimate of drug-likeness (QED) is 0.555. The molecule has 0 aliphatic heterocycles. The van der Waals surface area contributed by atoms with Gasteiger partial charge in [0.15, 0.2) is 5.76 Å². The lowest BCUT2D eigenvalue weighted by atomic mass is 10.3. The summed E-state index contributed by atoms with van der Waals surface area (Å²) in [6, 6.07) is 3.25. The Morgan fingerprint density at radius 1 is 1.82 bits per heavy atom. The van der Waals surface area contributed by atoms with Crippen LogP contribution in [0.3, 0.4) is 0 Å². The van der Waals surface area contributed by atoms with Gasteiger partial charge in [-0.25, -0.2) is 0 Å². The number of ketones is 1. The fourth-order valence-electron chi connectivity index (χ4n) is 0.723. The van der Waals surface area contributed by atoms with Crippen LogP contribution in [0.4, 0.5) is 0 Å². The minimum Gasteiger partial charge on any atom is -0.461 e. The third-order valence-corrected chi connectivity index (χ3v) is 1.91. The summed E-state index contributed by atoms with van der Waals surface area (Å²) in [5, 5.41) is 0. The fraction of sp³-hybridized carbons (Fsp3) is 0.286. The molecule has 0 radical (unpaired) electrons. The molecule has 11 heavy (non-hydrogen) atoms. The van der Waals surface area contributed by atoms with Gasteiger partial charge in [0.2, 0.25) is 5.78 Å². The van der Waals surface area contributed by atoms with Crippen LogP contribution in [-0.4, -0.2) is 23.5 Å². The Hall–Kier alpha value is -0.660. The Kier molecular flexibility index (Phi) is 2.80. The van der Waals surface area contributed by atoms with Crippen molar-refractivity contribution in [1.82, 2.24) is 0 Å². The van der Waals surface area contributed by atoms with Gasteiger partial charge < -0.3 is 9.31 Å². The summed E-state index contributed by atoms with van der Waals surface area (Å²) < 4.78 is 4.85. The molecule has 1 aromatic rings. The molecule has 1 aromatic heterocycles. The number of furan rings is 1. The highest BCUT2D eigenvalue weighted by Crippen LogP contribution is 2.24. The van der Waals surface area contributed by atoms with Crippen LogP contribution in [0.25, 0.3) is 0 Å². The summed E-state index contributed by atoms with van der Waals surface area (Å²) in [5.74, 6) is 0.194. The van der Waals surface area contributed by atoms with Gasteiger partial charge in [-0.05, 0) is 18.8 Å². The molecule has 1 N–H and O–H groups in total. The Labute approximate surface area is 65.9 Å². The second-order valence-electron chi connectivity index (χ2n) is 2.22. The van der Waals surface area contributed by atoms with Crippen LogP contribution < -0.4 is 0 Å². The molecule has 60 valence electrons. The standard InChI is InChI=1S/C7H9O3P/c1-11(9)5-6(8)7-3-2-4-10-7/h2-4,9H,5H2,1H3. The lowest BCUT2D eigenvalue weighted by molar-refractivity contribution is 0.0990. The van der Waals surface area contributed by atoms with Crippen molar-refractivity contribution in [3.05, 3.63) is 24.2 Å². The molecule has 1 rings (SSSR count). The van der Waals surface area contributed by atoms with Crippen molar-refractivity contribution in [3.8, 4) is 0 Å². The fourth-order valence-corrected chi connectivity index (χ4v) is 1.29. The van der Waals surface area contributed by atoms with Crippen LogP contribution in [0.5, 0.6) is 0 Å². The monoisotopic (exact) mass is 172 g/mol. The van der Waals surface area contributed by atoms with Crippen molar-refractivity contribution >= 4 is 13.9 Å². The lowest BCUT2D eigenvalue weighted by Gasteiger charge is -1.98. The summed E-state index contributed by atoms with van der Waals surface area (Å²) in [7, 11) is -1.15. The third-order valence-electron chi connectivity index (χ3n) is 1.17. The number of carbonyl (C=O) groups excluding carboxylic acids is 1. The zero-order valence-electron chi connectivity index (χ0n) is 6.15. The Balaban J connectivity index is 2.57. The molecule has 3 nitrogen and oxygen atoms in total. The molecule has 1 unspecified atom stereocenters. The molecule has 4 heteroatoms. The zero-order chi connectivity index (χ0) is 8.27. The first-order valence-electron chi connectivity index (χ1n) is 3.17. The van der Waals surface area contributed by atoms with Gasteiger partial charge in [-0.2, -0.15) is 0 Å². The highest BCUT2D eigenvalue weighted by atomic mass is 31.1. The van der Waals surface area contributed by atoms with Gasteiger partial charge in [-0.3, -0.25) is 4.79 Å². The van der Waals surface area contributed by atoms with Gasteiger partial charge >= 0.3 is 0 Å². The number of hydrogen-bond donors (Lipinski definition) is 1. The van der Waals surface area contributed by atoms with E-state index in [9.17, 15) is 4.79 Å². The van der Waals surface area contributed by atoms with E-state index in [1.165, 1.54) is 6.26 Å². The van der Waals surface area contributed by atoms with E-state index in [2.05, 4.69) is 0 Å². The molecular weight excluding hydrogens is 163 g/mol. The molecule has 1 atom stereocenters. The molecule has 0 bridgehead atoms. The van der Waals surface area contributed by atoms with Crippen molar-refractivity contribution in [1.29, 1.82) is 0 Å². The maximum atomic E-state index is 11.1. The van der Waals surface area contributed by atoms with Crippen LogP contribution >= 0.6 is 8.15 Å². The summed E-state index contributed by atoms with van der Waals surface area (Å²) >= 11 is 0. The Bertz CT molecular complexity index is 228. The predicted molar refractivity (Wildman–Crippen MR) is 43.0 cm³/mol. The number of Topliss-reactive ketones (excluding diaryl/α,β-unsaturated/α-hetero) is 1. The van der Waals surface area contributed by atoms with Crippen molar-refractivity contribution < 1.29 is 14.1 Å². The Morgan fingerprint density at radius 3 is 3.00 bits per heavy atom. The van der Waals surface area contributed by atoms with Crippen LogP contribution in [-0.2, 0) is 0 Å². The van der Waals surface area contributed by atoms with Gasteiger partial charge in [-0.1, -0.05) is 0 Å². The summed E-state index contributed by atoms with van der Waals surface area (Å²) in [6.07, 6.45) is 1.63. The van der Waals surface area contributed by atoms with Crippen molar-refractivity contribution in [2.45, 2.75) is 0 Å². The normalized spacial score (nSPS) is 12.9. The van der Waals surface area contributed by atoms with E-state index in [1.54, 1.807) is 18.8 Å². The van der Waals surface area contributed by atoms with E-state index in [-0.39, 0.29) is 11.9 Å². The average molecular weight is 172 g/mol. The lowest BCUT2D eigenvalue weighted by Crippen LogP contribution is -2.01. The minimum atomic E-state index is -1.15. The van der Waals surface area contributed by atoms with Gasteiger partial charge in [0, 0.05) is 8.15 Å². The molecule has 0 aliphatic carbocycles. The predicted octanol–water partition coefficient (Wildman–Crippen LogP) is 1.48. The molecule has 1 heterocycles.